The highest BCUT2D eigenvalue weighted by Crippen LogP contribution is 2.40. The number of halogens is 6. The van der Waals surface area contributed by atoms with E-state index < -0.39 is 29.0 Å². The zero-order valence-corrected chi connectivity index (χ0v) is 9.68. The molecule has 0 spiro atoms. The van der Waals surface area contributed by atoms with Crippen molar-refractivity contribution in [1.82, 2.24) is 4.98 Å². The van der Waals surface area contributed by atoms with Gasteiger partial charge < -0.3 is 0 Å². The summed E-state index contributed by atoms with van der Waals surface area (Å²) in [7, 11) is 0. The Morgan fingerprint density at radius 2 is 1.60 bits per heavy atom. The van der Waals surface area contributed by atoms with Gasteiger partial charge in [-0.25, -0.2) is 4.98 Å². The molecule has 0 saturated heterocycles. The molecule has 1 heterocycles. The van der Waals surface area contributed by atoms with Gasteiger partial charge in [-0.05, 0) is 24.3 Å². The molecule has 0 aliphatic carbocycles. The molecule has 20 heavy (non-hydrogen) atoms. The van der Waals surface area contributed by atoms with Gasteiger partial charge >= 0.3 is 12.4 Å². The predicted molar refractivity (Wildman–Crippen MR) is 58.5 cm³/mol. The van der Waals surface area contributed by atoms with E-state index in [0.29, 0.717) is 6.07 Å². The van der Waals surface area contributed by atoms with Crippen molar-refractivity contribution in [3.8, 4) is 11.3 Å². The van der Waals surface area contributed by atoms with Crippen molar-refractivity contribution in [2.24, 2.45) is 0 Å². The van der Waals surface area contributed by atoms with E-state index in [4.69, 9.17) is 0 Å². The third kappa shape index (κ3) is 2.92. The van der Waals surface area contributed by atoms with Crippen LogP contribution >= 0.6 is 0 Å². The van der Waals surface area contributed by atoms with Crippen LogP contribution in [0, 0.1) is 6.20 Å². The number of hydrogen-bond donors (Lipinski definition) is 0. The van der Waals surface area contributed by atoms with Gasteiger partial charge in [-0.1, -0.05) is 12.1 Å². The normalized spacial score (nSPS) is 12.5. The first kappa shape index (κ1) is 14.4. The molecule has 0 fully saturated rings. The third-order valence-electron chi connectivity index (χ3n) is 2.54. The van der Waals surface area contributed by atoms with Crippen LogP contribution in [0.3, 0.4) is 0 Å². The van der Waals surface area contributed by atoms with Crippen molar-refractivity contribution in [3.05, 3.63) is 53.7 Å². The first-order valence-corrected chi connectivity index (χ1v) is 5.31. The van der Waals surface area contributed by atoms with Crippen molar-refractivity contribution < 1.29 is 26.3 Å². The monoisotopic (exact) mass is 290 g/mol. The minimum Gasteiger partial charge on any atom is -0.246 e. The van der Waals surface area contributed by atoms with E-state index in [0.717, 1.165) is 6.07 Å². The number of hydrogen-bond acceptors (Lipinski definition) is 1. The van der Waals surface area contributed by atoms with E-state index in [-0.39, 0.29) is 11.8 Å². The van der Waals surface area contributed by atoms with E-state index in [1.54, 1.807) is 0 Å². The molecule has 0 amide bonds. The lowest BCUT2D eigenvalue weighted by Crippen LogP contribution is -2.12. The number of alkyl halides is 6. The first-order valence-electron chi connectivity index (χ1n) is 5.31. The molecule has 2 aromatic rings. The van der Waals surface area contributed by atoms with E-state index in [9.17, 15) is 26.3 Å². The van der Waals surface area contributed by atoms with Crippen LogP contribution in [0.1, 0.15) is 11.1 Å². The summed E-state index contributed by atoms with van der Waals surface area (Å²) in [5.41, 5.74) is -3.23. The van der Waals surface area contributed by atoms with Gasteiger partial charge in [-0.3, -0.25) is 0 Å². The summed E-state index contributed by atoms with van der Waals surface area (Å²) in [4.78, 5) is 3.61. The highest BCUT2D eigenvalue weighted by molar-refractivity contribution is 5.65. The largest absolute Gasteiger partial charge is 0.417 e. The van der Waals surface area contributed by atoms with Crippen LogP contribution < -0.4 is 0 Å². The molecule has 0 atom stereocenters. The zero-order chi connectivity index (χ0) is 15.0. The maximum Gasteiger partial charge on any atom is 0.417 e. The van der Waals surface area contributed by atoms with E-state index in [1.807, 2.05) is 0 Å². The summed E-state index contributed by atoms with van der Waals surface area (Å²) < 4.78 is 76.2. The Bertz CT molecular complexity index is 600. The molecule has 0 unspecified atom stereocenters. The van der Waals surface area contributed by atoms with Crippen LogP contribution in [-0.2, 0) is 12.4 Å². The predicted octanol–water partition coefficient (Wildman–Crippen LogP) is 4.59. The van der Waals surface area contributed by atoms with Crippen molar-refractivity contribution >= 4 is 0 Å². The standard InChI is InChI=1S/C13H6F6N/c14-12(15,16)8-4-5-9(10(7-8)13(17,18)19)11-3-1-2-6-20-11/h1-5,7H. The summed E-state index contributed by atoms with van der Waals surface area (Å²) in [5.74, 6) is 0. The summed E-state index contributed by atoms with van der Waals surface area (Å²) in [5, 5.41) is 0. The molecule has 0 bridgehead atoms. The molecule has 7 heteroatoms. The van der Waals surface area contributed by atoms with Crippen LogP contribution in [-0.4, -0.2) is 4.98 Å². The minimum atomic E-state index is -4.91. The molecule has 1 aromatic heterocycles. The van der Waals surface area contributed by atoms with Gasteiger partial charge in [0.25, 0.3) is 0 Å². The second-order valence-corrected chi connectivity index (χ2v) is 3.91. The van der Waals surface area contributed by atoms with Gasteiger partial charge in [-0.2, -0.15) is 26.3 Å². The van der Waals surface area contributed by atoms with Crippen LogP contribution in [0.2, 0.25) is 0 Å². The fraction of sp³-hybridized carbons (Fsp3) is 0.154. The molecule has 2 rings (SSSR count). The summed E-state index contributed by atoms with van der Waals surface area (Å²) >= 11 is 0. The van der Waals surface area contributed by atoms with E-state index in [1.165, 1.54) is 18.2 Å². The maximum absolute atomic E-state index is 12.9. The lowest BCUT2D eigenvalue weighted by molar-refractivity contribution is -0.142. The second kappa shape index (κ2) is 4.81. The molecule has 1 nitrogen and oxygen atoms in total. The van der Waals surface area contributed by atoms with Crippen molar-refractivity contribution in [2.45, 2.75) is 12.4 Å². The number of aromatic nitrogens is 1. The van der Waals surface area contributed by atoms with Gasteiger partial charge in [0.2, 0.25) is 0 Å². The van der Waals surface area contributed by atoms with E-state index in [2.05, 4.69) is 11.2 Å². The van der Waals surface area contributed by atoms with Crippen LogP contribution in [0.5, 0.6) is 0 Å². The molecular weight excluding hydrogens is 284 g/mol. The SMILES string of the molecule is FC(F)(F)c1ccc(-c2ccc[c]n2)c(C(F)(F)F)c1. The average Bonchev–Trinajstić information content (AvgIpc) is 2.37. The number of benzene rings is 1. The minimum absolute atomic E-state index is 0.0873. The number of rotatable bonds is 1. The smallest absolute Gasteiger partial charge is 0.246 e. The summed E-state index contributed by atoms with van der Waals surface area (Å²) in [6.07, 6.45) is -7.40. The molecule has 1 aromatic carbocycles. The van der Waals surface area contributed by atoms with Crippen LogP contribution in [0.15, 0.2) is 36.4 Å². The van der Waals surface area contributed by atoms with Crippen molar-refractivity contribution in [2.75, 3.05) is 0 Å². The Labute approximate surface area is 109 Å². The van der Waals surface area contributed by atoms with Crippen LogP contribution in [0.4, 0.5) is 26.3 Å². The Kier molecular flexibility index (Phi) is 3.45. The van der Waals surface area contributed by atoms with Crippen molar-refractivity contribution in [3.63, 3.8) is 0 Å². The molecule has 0 aliphatic heterocycles. The average molecular weight is 290 g/mol. The Balaban J connectivity index is 2.65. The Morgan fingerprint density at radius 1 is 0.900 bits per heavy atom. The van der Waals surface area contributed by atoms with Gasteiger partial charge in [0.05, 0.1) is 23.0 Å². The molecule has 0 saturated carbocycles. The lowest BCUT2D eigenvalue weighted by atomic mass is 10.00. The maximum atomic E-state index is 12.9. The van der Waals surface area contributed by atoms with Gasteiger partial charge in [-0.15, -0.1) is 0 Å². The van der Waals surface area contributed by atoms with Gasteiger partial charge in [0.15, 0.2) is 0 Å². The first-order chi connectivity index (χ1) is 9.19. The molecule has 1 radical (unpaired) electrons. The molecular formula is C13H6F6N. The number of nitrogens with zero attached hydrogens (tertiary/aromatic N) is 1. The van der Waals surface area contributed by atoms with Crippen LogP contribution in [0.25, 0.3) is 11.3 Å². The molecule has 0 N–H and O–H groups in total. The zero-order valence-electron chi connectivity index (χ0n) is 9.68. The lowest BCUT2D eigenvalue weighted by Gasteiger charge is -2.15. The molecule has 0 aliphatic rings. The Morgan fingerprint density at radius 3 is 2.10 bits per heavy atom. The Hall–Kier alpha value is -2.05. The quantitative estimate of drug-likeness (QED) is 0.700. The fourth-order valence-corrected chi connectivity index (χ4v) is 1.65. The summed E-state index contributed by atoms with van der Waals surface area (Å²) in [6, 6.07) is 5.50. The number of pyridine rings is 1. The highest BCUT2D eigenvalue weighted by Gasteiger charge is 2.38. The third-order valence-corrected chi connectivity index (χ3v) is 2.54. The van der Waals surface area contributed by atoms with Crippen molar-refractivity contribution in [1.29, 1.82) is 0 Å². The highest BCUT2D eigenvalue weighted by atomic mass is 19.4. The second-order valence-electron chi connectivity index (χ2n) is 3.91. The van der Waals surface area contributed by atoms with Gasteiger partial charge in [0, 0.05) is 5.56 Å². The van der Waals surface area contributed by atoms with Gasteiger partial charge in [0.1, 0.15) is 0 Å². The molecule has 105 valence electrons. The topological polar surface area (TPSA) is 12.9 Å². The fourth-order valence-electron chi connectivity index (χ4n) is 1.65. The summed E-state index contributed by atoms with van der Waals surface area (Å²) in [6.45, 7) is 0. The van der Waals surface area contributed by atoms with E-state index >= 15 is 0 Å².